The molecule has 1 aromatic carbocycles. The van der Waals surface area contributed by atoms with Crippen LogP contribution in [0, 0.1) is 13.8 Å². The topological polar surface area (TPSA) is 48.5 Å². The fourth-order valence-corrected chi connectivity index (χ4v) is 5.05. The summed E-state index contributed by atoms with van der Waals surface area (Å²) in [6.07, 6.45) is 0. The van der Waals surface area contributed by atoms with E-state index in [1.165, 1.54) is 27.2 Å². The van der Waals surface area contributed by atoms with Gasteiger partial charge in [-0.2, -0.15) is 0 Å². The number of nitrogens with zero attached hydrogens (tertiary/aromatic N) is 3. The Balaban J connectivity index is 1.29. The standard InChI is InChI=1S/C20H24N4OS2/c1-14-5-6-16-18(15(14)2)22-20(27-16)24-11-9-23(10-12-24)8-7-21-19(25)17-4-3-13-26-17/h3-6,13H,7-12H2,1-2H3,(H,21,25). The van der Waals surface area contributed by atoms with Gasteiger partial charge in [0.15, 0.2) is 5.13 Å². The van der Waals surface area contributed by atoms with E-state index in [0.717, 1.165) is 48.2 Å². The van der Waals surface area contributed by atoms with Crippen LogP contribution in [0.25, 0.3) is 10.2 Å². The van der Waals surface area contributed by atoms with Crippen molar-refractivity contribution < 1.29 is 4.79 Å². The van der Waals surface area contributed by atoms with Crippen LogP contribution in [0.1, 0.15) is 20.8 Å². The zero-order valence-corrected chi connectivity index (χ0v) is 17.3. The number of aryl methyl sites for hydroxylation is 2. The molecular formula is C20H24N4OS2. The summed E-state index contributed by atoms with van der Waals surface area (Å²) in [4.78, 5) is 22.5. The average Bonchev–Trinajstić information content (AvgIpc) is 3.35. The van der Waals surface area contributed by atoms with E-state index >= 15 is 0 Å². The van der Waals surface area contributed by atoms with Crippen LogP contribution >= 0.6 is 22.7 Å². The van der Waals surface area contributed by atoms with E-state index in [-0.39, 0.29) is 5.91 Å². The lowest BCUT2D eigenvalue weighted by Crippen LogP contribution is -2.48. The number of thiazole rings is 1. The smallest absolute Gasteiger partial charge is 0.261 e. The molecule has 27 heavy (non-hydrogen) atoms. The van der Waals surface area contributed by atoms with Crippen molar-refractivity contribution >= 4 is 43.9 Å². The minimum Gasteiger partial charge on any atom is -0.350 e. The summed E-state index contributed by atoms with van der Waals surface area (Å²) >= 11 is 3.27. The van der Waals surface area contributed by atoms with Crippen LogP contribution in [0.5, 0.6) is 0 Å². The normalized spacial score (nSPS) is 15.4. The molecule has 1 N–H and O–H groups in total. The summed E-state index contributed by atoms with van der Waals surface area (Å²) in [5.74, 6) is 0.0313. The second-order valence-electron chi connectivity index (χ2n) is 6.91. The number of piperazine rings is 1. The Bertz CT molecular complexity index is 927. The lowest BCUT2D eigenvalue weighted by atomic mass is 10.1. The molecule has 7 heteroatoms. The van der Waals surface area contributed by atoms with Gasteiger partial charge in [-0.15, -0.1) is 11.3 Å². The monoisotopic (exact) mass is 400 g/mol. The fraction of sp³-hybridized carbons (Fsp3) is 0.400. The Morgan fingerprint density at radius 1 is 1.19 bits per heavy atom. The van der Waals surface area contributed by atoms with Gasteiger partial charge < -0.3 is 10.2 Å². The summed E-state index contributed by atoms with van der Waals surface area (Å²) in [6, 6.07) is 8.14. The minimum absolute atomic E-state index is 0.0313. The first-order chi connectivity index (χ1) is 13.1. The molecule has 0 atom stereocenters. The van der Waals surface area contributed by atoms with Gasteiger partial charge in [0.1, 0.15) is 0 Å². The van der Waals surface area contributed by atoms with Gasteiger partial charge in [-0.3, -0.25) is 9.69 Å². The molecule has 4 rings (SSSR count). The van der Waals surface area contributed by atoms with Crippen LogP contribution < -0.4 is 10.2 Å². The van der Waals surface area contributed by atoms with Crippen LogP contribution in [-0.4, -0.2) is 55.1 Å². The van der Waals surface area contributed by atoms with Crippen molar-refractivity contribution in [1.82, 2.24) is 15.2 Å². The van der Waals surface area contributed by atoms with Gasteiger partial charge >= 0.3 is 0 Å². The van der Waals surface area contributed by atoms with Crippen LogP contribution in [0.15, 0.2) is 29.6 Å². The molecule has 142 valence electrons. The van der Waals surface area contributed by atoms with Gasteiger partial charge in [0, 0.05) is 39.3 Å². The molecule has 3 heterocycles. The maximum absolute atomic E-state index is 12.0. The Hall–Kier alpha value is -1.96. The van der Waals surface area contributed by atoms with Gasteiger partial charge in [-0.1, -0.05) is 23.5 Å². The molecule has 0 bridgehead atoms. The van der Waals surface area contributed by atoms with Crippen molar-refractivity contribution in [2.75, 3.05) is 44.2 Å². The summed E-state index contributed by atoms with van der Waals surface area (Å²) in [5.41, 5.74) is 3.73. The molecule has 0 saturated carbocycles. The zero-order chi connectivity index (χ0) is 18.8. The van der Waals surface area contributed by atoms with E-state index in [0.29, 0.717) is 6.54 Å². The number of anilines is 1. The second kappa shape index (κ2) is 7.96. The number of aromatic nitrogens is 1. The molecule has 0 unspecified atom stereocenters. The highest BCUT2D eigenvalue weighted by Gasteiger charge is 2.20. The molecule has 1 amide bonds. The van der Waals surface area contributed by atoms with Crippen LogP contribution in [0.2, 0.25) is 0 Å². The van der Waals surface area contributed by atoms with Crippen molar-refractivity contribution in [3.05, 3.63) is 45.6 Å². The summed E-state index contributed by atoms with van der Waals surface area (Å²) in [7, 11) is 0. The highest BCUT2D eigenvalue weighted by atomic mass is 32.1. The number of carbonyl (C=O) groups excluding carboxylic acids is 1. The molecule has 0 radical (unpaired) electrons. The van der Waals surface area contributed by atoms with E-state index < -0.39 is 0 Å². The molecule has 1 aliphatic heterocycles. The van der Waals surface area contributed by atoms with E-state index in [2.05, 4.69) is 41.1 Å². The number of rotatable bonds is 5. The number of hydrogen-bond donors (Lipinski definition) is 1. The lowest BCUT2D eigenvalue weighted by Gasteiger charge is -2.34. The van der Waals surface area contributed by atoms with Crippen molar-refractivity contribution in [2.24, 2.45) is 0 Å². The number of amides is 1. The molecule has 3 aromatic rings. The number of carbonyl (C=O) groups is 1. The van der Waals surface area contributed by atoms with Gasteiger partial charge in [0.2, 0.25) is 0 Å². The van der Waals surface area contributed by atoms with Crippen molar-refractivity contribution in [1.29, 1.82) is 0 Å². The Morgan fingerprint density at radius 3 is 2.74 bits per heavy atom. The molecule has 1 saturated heterocycles. The van der Waals surface area contributed by atoms with Gasteiger partial charge in [0.25, 0.3) is 5.91 Å². The SMILES string of the molecule is Cc1ccc2sc(N3CCN(CCNC(=O)c4cccs4)CC3)nc2c1C. The number of hydrogen-bond acceptors (Lipinski definition) is 6. The third-order valence-electron chi connectivity index (χ3n) is 5.17. The Kier molecular flexibility index (Phi) is 5.43. The highest BCUT2D eigenvalue weighted by molar-refractivity contribution is 7.22. The first kappa shape index (κ1) is 18.4. The molecule has 5 nitrogen and oxygen atoms in total. The predicted molar refractivity (Wildman–Crippen MR) is 114 cm³/mol. The first-order valence-electron chi connectivity index (χ1n) is 9.27. The van der Waals surface area contributed by atoms with Crippen molar-refractivity contribution in [3.8, 4) is 0 Å². The molecule has 1 aliphatic rings. The molecule has 0 aliphatic carbocycles. The van der Waals surface area contributed by atoms with Gasteiger partial charge in [0.05, 0.1) is 15.1 Å². The van der Waals surface area contributed by atoms with E-state index in [4.69, 9.17) is 4.98 Å². The highest BCUT2D eigenvalue weighted by Crippen LogP contribution is 2.32. The van der Waals surface area contributed by atoms with Crippen LogP contribution in [0.3, 0.4) is 0 Å². The van der Waals surface area contributed by atoms with Gasteiger partial charge in [-0.25, -0.2) is 4.98 Å². The number of thiophene rings is 1. The maximum atomic E-state index is 12.0. The van der Waals surface area contributed by atoms with Crippen molar-refractivity contribution in [3.63, 3.8) is 0 Å². The molecule has 2 aromatic heterocycles. The Morgan fingerprint density at radius 2 is 2.00 bits per heavy atom. The minimum atomic E-state index is 0.0313. The lowest BCUT2D eigenvalue weighted by molar-refractivity contribution is 0.0952. The summed E-state index contributed by atoms with van der Waals surface area (Å²) in [6.45, 7) is 9.85. The molecular weight excluding hydrogens is 376 g/mol. The quantitative estimate of drug-likeness (QED) is 0.712. The average molecular weight is 401 g/mol. The van der Waals surface area contributed by atoms with Crippen molar-refractivity contribution in [2.45, 2.75) is 13.8 Å². The second-order valence-corrected chi connectivity index (χ2v) is 8.87. The predicted octanol–water partition coefficient (Wildman–Crippen LogP) is 3.53. The number of fused-ring (bicyclic) bond motifs is 1. The first-order valence-corrected chi connectivity index (χ1v) is 11.0. The van der Waals surface area contributed by atoms with E-state index in [1.54, 1.807) is 11.3 Å². The third kappa shape index (κ3) is 4.00. The summed E-state index contributed by atoms with van der Waals surface area (Å²) in [5, 5.41) is 6.07. The third-order valence-corrected chi connectivity index (χ3v) is 7.12. The number of benzene rings is 1. The van der Waals surface area contributed by atoms with Crippen LogP contribution in [-0.2, 0) is 0 Å². The summed E-state index contributed by atoms with van der Waals surface area (Å²) < 4.78 is 1.27. The largest absolute Gasteiger partial charge is 0.350 e. The van der Waals surface area contributed by atoms with Gasteiger partial charge in [-0.05, 0) is 42.5 Å². The van der Waals surface area contributed by atoms with E-state index in [1.807, 2.05) is 17.5 Å². The fourth-order valence-electron chi connectivity index (χ4n) is 3.33. The Labute approximate surface area is 167 Å². The maximum Gasteiger partial charge on any atom is 0.261 e. The number of nitrogens with one attached hydrogen (secondary N) is 1. The van der Waals surface area contributed by atoms with Crippen LogP contribution in [0.4, 0.5) is 5.13 Å². The molecule has 1 fully saturated rings. The molecule has 0 spiro atoms. The zero-order valence-electron chi connectivity index (χ0n) is 15.7. The van der Waals surface area contributed by atoms with E-state index in [9.17, 15) is 4.79 Å².